The predicted molar refractivity (Wildman–Crippen MR) is 119 cm³/mol. The van der Waals surface area contributed by atoms with Crippen molar-refractivity contribution >= 4 is 45.7 Å². The van der Waals surface area contributed by atoms with E-state index in [1.807, 2.05) is 0 Å². The molecule has 0 saturated heterocycles. The molecule has 0 aliphatic heterocycles. The highest BCUT2D eigenvalue weighted by atomic mass is 35.5. The minimum absolute atomic E-state index is 0.0631. The first kappa shape index (κ1) is 23.5. The van der Waals surface area contributed by atoms with Gasteiger partial charge < -0.3 is 19.0 Å². The topological polar surface area (TPSA) is 125 Å². The Kier molecular flexibility index (Phi) is 6.41. The van der Waals surface area contributed by atoms with Gasteiger partial charge in [0.25, 0.3) is 5.91 Å². The molecule has 0 fully saturated rings. The molecule has 1 amide bonds. The van der Waals surface area contributed by atoms with Gasteiger partial charge in [-0.25, -0.2) is 18.7 Å². The number of benzene rings is 1. The second kappa shape index (κ2) is 9.29. The average molecular weight is 508 g/mol. The summed E-state index contributed by atoms with van der Waals surface area (Å²) in [5.41, 5.74) is -1.10. The van der Waals surface area contributed by atoms with Crippen LogP contribution in [0, 0.1) is 11.6 Å². The molecule has 3 aromatic heterocycles. The van der Waals surface area contributed by atoms with Crippen LogP contribution in [0.5, 0.6) is 5.88 Å². The zero-order chi connectivity index (χ0) is 24.6. The molecule has 0 saturated carbocycles. The highest BCUT2D eigenvalue weighted by Crippen LogP contribution is 2.39. The molecular formula is C20H14ClF2N6O4S-. The van der Waals surface area contributed by atoms with E-state index in [4.69, 9.17) is 16.3 Å². The number of methoxy groups -OCH3 is 1. The molecule has 14 heteroatoms. The number of hydrogen-bond donors (Lipinski definition) is 1. The van der Waals surface area contributed by atoms with E-state index in [1.165, 1.54) is 49.5 Å². The highest BCUT2D eigenvalue weighted by molar-refractivity contribution is 7.81. The van der Waals surface area contributed by atoms with Crippen LogP contribution in [0.15, 0.2) is 43.1 Å². The van der Waals surface area contributed by atoms with Gasteiger partial charge in [-0.1, -0.05) is 11.6 Å². The monoisotopic (exact) mass is 507 g/mol. The van der Waals surface area contributed by atoms with E-state index < -0.39 is 40.1 Å². The third-order valence-electron chi connectivity index (χ3n) is 4.77. The van der Waals surface area contributed by atoms with Crippen molar-refractivity contribution in [2.24, 2.45) is 0 Å². The second-order valence-electron chi connectivity index (χ2n) is 6.69. The summed E-state index contributed by atoms with van der Waals surface area (Å²) in [4.78, 5) is 23.9. The van der Waals surface area contributed by atoms with Crippen LogP contribution in [0.3, 0.4) is 0 Å². The maximum absolute atomic E-state index is 15.7. The van der Waals surface area contributed by atoms with Crippen molar-refractivity contribution in [1.82, 2.24) is 24.7 Å². The average Bonchev–Trinajstić information content (AvgIpc) is 3.23. The van der Waals surface area contributed by atoms with Gasteiger partial charge in [0.05, 0.1) is 52.1 Å². The Hall–Kier alpha value is -3.68. The number of imidazole rings is 1. The molecule has 3 heterocycles. The van der Waals surface area contributed by atoms with Crippen molar-refractivity contribution < 1.29 is 27.1 Å². The van der Waals surface area contributed by atoms with Gasteiger partial charge >= 0.3 is 0 Å². The van der Waals surface area contributed by atoms with E-state index in [0.717, 1.165) is 12.1 Å². The van der Waals surface area contributed by atoms with E-state index in [-0.39, 0.29) is 28.0 Å². The lowest BCUT2D eigenvalue weighted by Crippen LogP contribution is -2.22. The Balaban J connectivity index is 1.89. The van der Waals surface area contributed by atoms with Crippen molar-refractivity contribution in [3.63, 3.8) is 0 Å². The summed E-state index contributed by atoms with van der Waals surface area (Å²) in [5.74, 6) is -2.83. The molecule has 1 atom stereocenters. The minimum atomic E-state index is -3.07. The van der Waals surface area contributed by atoms with E-state index in [0.29, 0.717) is 9.82 Å². The lowest BCUT2D eigenvalue weighted by atomic mass is 10.1. The molecule has 0 aliphatic carbocycles. The first-order chi connectivity index (χ1) is 16.3. The van der Waals surface area contributed by atoms with Crippen LogP contribution >= 0.6 is 11.6 Å². The molecule has 1 aromatic carbocycles. The summed E-state index contributed by atoms with van der Waals surface area (Å²) in [7, 11) is 2.68. The standard InChI is InChI=1S/C20H15ClF2N6O4S/c1-24-19(30)18-15-7-25-12(8-28(15)9-27-18)16-11(22)3-4-13(17(16)23)29(34(31)32)14-5-10(21)6-26-20(14)33-2/h3-9H,1-2H3,(H,24,30)(H,31,32)/p-1. The molecule has 0 bridgehead atoms. The molecular weight excluding hydrogens is 494 g/mol. The highest BCUT2D eigenvalue weighted by Gasteiger charge is 2.25. The van der Waals surface area contributed by atoms with Gasteiger partial charge in [0.15, 0.2) is 11.5 Å². The van der Waals surface area contributed by atoms with E-state index >= 15 is 4.39 Å². The molecule has 34 heavy (non-hydrogen) atoms. The lowest BCUT2D eigenvalue weighted by Gasteiger charge is -2.28. The summed E-state index contributed by atoms with van der Waals surface area (Å²) in [6.45, 7) is 0. The molecule has 4 aromatic rings. The number of nitrogens with zero attached hydrogens (tertiary/aromatic N) is 5. The summed E-state index contributed by atoms with van der Waals surface area (Å²) in [5, 5.41) is 2.50. The normalized spacial score (nSPS) is 11.9. The molecule has 4 rings (SSSR count). The van der Waals surface area contributed by atoms with Crippen LogP contribution in [-0.2, 0) is 11.3 Å². The van der Waals surface area contributed by atoms with Crippen LogP contribution in [0.2, 0.25) is 5.02 Å². The summed E-state index contributed by atoms with van der Waals surface area (Å²) < 4.78 is 61.6. The van der Waals surface area contributed by atoms with E-state index in [9.17, 15) is 17.9 Å². The fourth-order valence-corrected chi connectivity index (χ4v) is 4.01. The summed E-state index contributed by atoms with van der Waals surface area (Å²) >= 11 is 2.88. The quantitative estimate of drug-likeness (QED) is 0.398. The van der Waals surface area contributed by atoms with E-state index in [2.05, 4.69) is 20.3 Å². The second-order valence-corrected chi connectivity index (χ2v) is 7.92. The van der Waals surface area contributed by atoms with Crippen LogP contribution in [0.1, 0.15) is 10.5 Å². The van der Waals surface area contributed by atoms with Crippen LogP contribution in [0.25, 0.3) is 16.8 Å². The van der Waals surface area contributed by atoms with Crippen LogP contribution < -0.4 is 14.4 Å². The molecule has 1 unspecified atom stereocenters. The Bertz CT molecular complexity index is 1450. The lowest BCUT2D eigenvalue weighted by molar-refractivity contribution is 0.0960. The molecule has 176 valence electrons. The molecule has 1 N–H and O–H groups in total. The smallest absolute Gasteiger partial charge is 0.271 e. The minimum Gasteiger partial charge on any atom is -0.755 e. The number of halogens is 3. The van der Waals surface area contributed by atoms with Crippen molar-refractivity contribution in [2.45, 2.75) is 0 Å². The van der Waals surface area contributed by atoms with Gasteiger partial charge in [-0.15, -0.1) is 0 Å². The number of hydrogen-bond acceptors (Lipinski definition) is 7. The van der Waals surface area contributed by atoms with Gasteiger partial charge in [-0.3, -0.25) is 18.3 Å². The first-order valence-corrected chi connectivity index (χ1v) is 10.8. The number of nitrogens with one attached hydrogen (secondary N) is 1. The van der Waals surface area contributed by atoms with Gasteiger partial charge in [-0.2, -0.15) is 0 Å². The number of amides is 1. The molecule has 0 aliphatic rings. The Morgan fingerprint density at radius 2 is 2.00 bits per heavy atom. The van der Waals surface area contributed by atoms with Crippen molar-refractivity contribution in [3.05, 3.63) is 65.5 Å². The number of anilines is 2. The number of fused-ring (bicyclic) bond motifs is 1. The van der Waals surface area contributed by atoms with Crippen molar-refractivity contribution in [3.8, 4) is 17.1 Å². The van der Waals surface area contributed by atoms with Gasteiger partial charge in [-0.05, 0) is 18.2 Å². The zero-order valence-electron chi connectivity index (χ0n) is 17.5. The number of ether oxygens (including phenoxy) is 1. The predicted octanol–water partition coefficient (Wildman–Crippen LogP) is 3.02. The number of aromatic nitrogens is 4. The summed E-state index contributed by atoms with van der Waals surface area (Å²) in [6, 6.07) is 3.05. The molecule has 10 nitrogen and oxygen atoms in total. The number of pyridine rings is 1. The Labute approximate surface area is 198 Å². The van der Waals surface area contributed by atoms with E-state index in [1.54, 1.807) is 0 Å². The van der Waals surface area contributed by atoms with Gasteiger partial charge in [0.2, 0.25) is 5.88 Å². The van der Waals surface area contributed by atoms with Crippen LogP contribution in [-0.4, -0.2) is 48.2 Å². The number of rotatable bonds is 6. The van der Waals surface area contributed by atoms with Gasteiger partial charge in [0, 0.05) is 19.4 Å². The summed E-state index contributed by atoms with van der Waals surface area (Å²) in [6.07, 6.45) is 5.00. The maximum Gasteiger partial charge on any atom is 0.271 e. The van der Waals surface area contributed by atoms with Crippen molar-refractivity contribution in [1.29, 1.82) is 0 Å². The fraction of sp³-hybridized carbons (Fsp3) is 0.100. The third-order valence-corrected chi connectivity index (χ3v) is 5.67. The Morgan fingerprint density at radius 3 is 2.68 bits per heavy atom. The molecule has 0 radical (unpaired) electrons. The first-order valence-electron chi connectivity index (χ1n) is 9.39. The third kappa shape index (κ3) is 4.04. The largest absolute Gasteiger partial charge is 0.755 e. The van der Waals surface area contributed by atoms with Crippen molar-refractivity contribution in [2.75, 3.05) is 18.5 Å². The maximum atomic E-state index is 15.7. The fourth-order valence-electron chi connectivity index (χ4n) is 3.26. The SMILES string of the molecule is CNC(=O)c1ncn2cc(-c3c(F)ccc(N(c4cc(Cl)cnc4OC)S(=O)[O-])c3F)ncc12. The zero-order valence-corrected chi connectivity index (χ0v) is 19.0. The Morgan fingerprint density at radius 1 is 1.24 bits per heavy atom. The molecule has 0 spiro atoms. The number of carbonyl (C=O) groups excluding carboxylic acids is 1. The van der Waals surface area contributed by atoms with Crippen LogP contribution in [0.4, 0.5) is 20.2 Å². The van der Waals surface area contributed by atoms with Gasteiger partial charge in [0.1, 0.15) is 17.8 Å². The number of carbonyl (C=O) groups is 1.